The van der Waals surface area contributed by atoms with Crippen molar-refractivity contribution in [2.24, 2.45) is 0 Å². The van der Waals surface area contributed by atoms with Crippen LogP contribution in [0.5, 0.6) is 0 Å². The van der Waals surface area contributed by atoms with Crippen molar-refractivity contribution in [3.63, 3.8) is 0 Å². The van der Waals surface area contributed by atoms with Gasteiger partial charge < -0.3 is 10.1 Å². The largest absolute Gasteiger partial charge is 0.383 e. The summed E-state index contributed by atoms with van der Waals surface area (Å²) in [4.78, 5) is 15.7. The first kappa shape index (κ1) is 14.5. The van der Waals surface area contributed by atoms with E-state index in [9.17, 15) is 4.79 Å². The van der Waals surface area contributed by atoms with Crippen molar-refractivity contribution in [2.45, 2.75) is 32.4 Å². The molecule has 2 atom stereocenters. The van der Waals surface area contributed by atoms with Crippen molar-refractivity contribution >= 4 is 17.2 Å². The van der Waals surface area contributed by atoms with E-state index in [4.69, 9.17) is 4.74 Å². The van der Waals surface area contributed by atoms with E-state index in [1.165, 1.54) is 10.4 Å². The molecule has 1 aromatic heterocycles. The summed E-state index contributed by atoms with van der Waals surface area (Å²) in [6.07, 6.45) is 1.05. The second-order valence-electron chi connectivity index (χ2n) is 5.12. The molecule has 1 amide bonds. The molecule has 2 heterocycles. The molecule has 2 rings (SSSR count). The molecule has 1 aliphatic heterocycles. The summed E-state index contributed by atoms with van der Waals surface area (Å²) in [5.74, 6) is 0.0788. The summed E-state index contributed by atoms with van der Waals surface area (Å²) >= 11 is 1.82. The molecule has 0 aliphatic carbocycles. The summed E-state index contributed by atoms with van der Waals surface area (Å²) in [5.41, 5.74) is 1.38. The third kappa shape index (κ3) is 3.55. The number of amides is 1. The molecule has 0 spiro atoms. The summed E-state index contributed by atoms with van der Waals surface area (Å²) < 4.78 is 5.02. The monoisotopic (exact) mass is 282 g/mol. The summed E-state index contributed by atoms with van der Waals surface area (Å²) in [6, 6.07) is 2.58. The number of nitrogens with one attached hydrogen (secondary N) is 1. The molecule has 0 saturated heterocycles. The summed E-state index contributed by atoms with van der Waals surface area (Å²) in [6.45, 7) is 6.11. The lowest BCUT2D eigenvalue weighted by atomic mass is 10.0. The van der Waals surface area contributed by atoms with Crippen LogP contribution in [0.3, 0.4) is 0 Å². The van der Waals surface area contributed by atoms with Crippen molar-refractivity contribution in [2.75, 3.05) is 26.8 Å². The van der Waals surface area contributed by atoms with Gasteiger partial charge in [-0.2, -0.15) is 0 Å². The molecule has 1 aromatic rings. The molecule has 5 heteroatoms. The van der Waals surface area contributed by atoms with Crippen molar-refractivity contribution in [3.05, 3.63) is 21.9 Å². The van der Waals surface area contributed by atoms with E-state index in [1.54, 1.807) is 7.11 Å². The molecule has 0 radical (unpaired) electrons. The normalized spacial score (nSPS) is 20.9. The standard InChI is InChI=1S/C14H22N2O2S/c1-10(9-18-3)15-14(17)8-16-6-4-13-12(11(16)2)5-7-19-13/h5,7,10-11H,4,6,8-9H2,1-3H3,(H,15,17). The Bertz CT molecular complexity index is 433. The van der Waals surface area contributed by atoms with Gasteiger partial charge in [0.1, 0.15) is 0 Å². The highest BCUT2D eigenvalue weighted by Crippen LogP contribution is 2.32. The quantitative estimate of drug-likeness (QED) is 0.895. The Morgan fingerprint density at radius 1 is 1.68 bits per heavy atom. The molecule has 0 fully saturated rings. The van der Waals surface area contributed by atoms with Crippen LogP contribution in [0.1, 0.15) is 30.3 Å². The molecule has 1 N–H and O–H groups in total. The maximum absolute atomic E-state index is 12.0. The van der Waals surface area contributed by atoms with Gasteiger partial charge in [0.2, 0.25) is 5.91 Å². The Hall–Kier alpha value is -0.910. The lowest BCUT2D eigenvalue weighted by Gasteiger charge is -2.33. The van der Waals surface area contributed by atoms with E-state index >= 15 is 0 Å². The van der Waals surface area contributed by atoms with Gasteiger partial charge in [-0.3, -0.25) is 9.69 Å². The molecule has 4 nitrogen and oxygen atoms in total. The van der Waals surface area contributed by atoms with Gasteiger partial charge in [0.15, 0.2) is 0 Å². The number of hydrogen-bond donors (Lipinski definition) is 1. The number of carbonyl (C=O) groups is 1. The van der Waals surface area contributed by atoms with Crippen molar-refractivity contribution in [3.8, 4) is 0 Å². The molecular formula is C14H22N2O2S. The van der Waals surface area contributed by atoms with Crippen LogP contribution in [0.15, 0.2) is 11.4 Å². The molecule has 0 bridgehead atoms. The Labute approximate surface area is 118 Å². The van der Waals surface area contributed by atoms with Gasteiger partial charge in [-0.05, 0) is 37.3 Å². The molecule has 1 aliphatic rings. The van der Waals surface area contributed by atoms with Crippen LogP contribution in [0.2, 0.25) is 0 Å². The average molecular weight is 282 g/mol. The Kier molecular flexibility index (Phi) is 4.96. The SMILES string of the molecule is COCC(C)NC(=O)CN1CCc2sccc2C1C. The highest BCUT2D eigenvalue weighted by Gasteiger charge is 2.26. The van der Waals surface area contributed by atoms with Gasteiger partial charge in [-0.25, -0.2) is 0 Å². The fraction of sp³-hybridized carbons (Fsp3) is 0.643. The van der Waals surface area contributed by atoms with Crippen LogP contribution < -0.4 is 5.32 Å². The molecule has 0 saturated carbocycles. The van der Waals surface area contributed by atoms with E-state index in [0.29, 0.717) is 19.2 Å². The minimum absolute atomic E-state index is 0.0642. The first-order chi connectivity index (χ1) is 9.11. The third-order valence-electron chi connectivity index (χ3n) is 3.57. The second kappa shape index (κ2) is 6.50. The third-order valence-corrected chi connectivity index (χ3v) is 4.57. The average Bonchev–Trinajstić information content (AvgIpc) is 2.82. The number of rotatable bonds is 5. The number of fused-ring (bicyclic) bond motifs is 1. The Balaban J connectivity index is 1.88. The molecule has 19 heavy (non-hydrogen) atoms. The maximum Gasteiger partial charge on any atom is 0.234 e. The van der Waals surface area contributed by atoms with Crippen LogP contribution in [0.25, 0.3) is 0 Å². The van der Waals surface area contributed by atoms with Gasteiger partial charge in [-0.1, -0.05) is 0 Å². The Morgan fingerprint density at radius 3 is 3.21 bits per heavy atom. The van der Waals surface area contributed by atoms with Crippen LogP contribution in [-0.2, 0) is 16.0 Å². The van der Waals surface area contributed by atoms with E-state index in [-0.39, 0.29) is 11.9 Å². The smallest absolute Gasteiger partial charge is 0.234 e. The van der Waals surface area contributed by atoms with Crippen molar-refractivity contribution < 1.29 is 9.53 Å². The fourth-order valence-corrected chi connectivity index (χ4v) is 3.54. The predicted molar refractivity (Wildman–Crippen MR) is 77.5 cm³/mol. The zero-order valence-corrected chi connectivity index (χ0v) is 12.6. The van der Waals surface area contributed by atoms with Crippen LogP contribution in [-0.4, -0.2) is 43.7 Å². The van der Waals surface area contributed by atoms with E-state index in [2.05, 4.69) is 28.6 Å². The zero-order chi connectivity index (χ0) is 13.8. The van der Waals surface area contributed by atoms with Gasteiger partial charge in [-0.15, -0.1) is 11.3 Å². The summed E-state index contributed by atoms with van der Waals surface area (Å²) in [7, 11) is 1.65. The number of carbonyl (C=O) groups excluding carboxylic acids is 1. The highest BCUT2D eigenvalue weighted by atomic mass is 32.1. The van der Waals surface area contributed by atoms with Crippen LogP contribution in [0, 0.1) is 0 Å². The number of ether oxygens (including phenoxy) is 1. The minimum Gasteiger partial charge on any atom is -0.383 e. The predicted octanol–water partition coefficient (Wildman–Crippen LogP) is 1.82. The van der Waals surface area contributed by atoms with Gasteiger partial charge in [0.05, 0.1) is 13.2 Å². The van der Waals surface area contributed by atoms with E-state index in [1.807, 2.05) is 18.3 Å². The Morgan fingerprint density at radius 2 is 2.47 bits per heavy atom. The van der Waals surface area contributed by atoms with Crippen LogP contribution >= 0.6 is 11.3 Å². The fourth-order valence-electron chi connectivity index (χ4n) is 2.57. The lowest BCUT2D eigenvalue weighted by molar-refractivity contribution is -0.123. The first-order valence-corrected chi connectivity index (χ1v) is 7.58. The highest BCUT2D eigenvalue weighted by molar-refractivity contribution is 7.10. The number of nitrogens with zero attached hydrogens (tertiary/aromatic N) is 1. The van der Waals surface area contributed by atoms with Crippen LogP contribution in [0.4, 0.5) is 0 Å². The first-order valence-electron chi connectivity index (χ1n) is 6.70. The number of hydrogen-bond acceptors (Lipinski definition) is 4. The van der Waals surface area contributed by atoms with E-state index in [0.717, 1.165) is 13.0 Å². The molecular weight excluding hydrogens is 260 g/mol. The molecule has 0 aromatic carbocycles. The topological polar surface area (TPSA) is 41.6 Å². The second-order valence-corrected chi connectivity index (χ2v) is 6.12. The lowest BCUT2D eigenvalue weighted by Crippen LogP contribution is -2.44. The number of thiophene rings is 1. The van der Waals surface area contributed by atoms with Crippen molar-refractivity contribution in [1.29, 1.82) is 0 Å². The van der Waals surface area contributed by atoms with Gasteiger partial charge >= 0.3 is 0 Å². The zero-order valence-electron chi connectivity index (χ0n) is 11.8. The minimum atomic E-state index is 0.0642. The summed E-state index contributed by atoms with van der Waals surface area (Å²) in [5, 5.41) is 5.11. The maximum atomic E-state index is 12.0. The number of methoxy groups -OCH3 is 1. The van der Waals surface area contributed by atoms with E-state index < -0.39 is 0 Å². The van der Waals surface area contributed by atoms with Gasteiger partial charge in [0, 0.05) is 30.6 Å². The van der Waals surface area contributed by atoms with Crippen molar-refractivity contribution in [1.82, 2.24) is 10.2 Å². The molecule has 2 unspecified atom stereocenters. The molecule has 106 valence electrons. The van der Waals surface area contributed by atoms with Gasteiger partial charge in [0.25, 0.3) is 0 Å².